The van der Waals surface area contributed by atoms with E-state index in [0.717, 1.165) is 5.69 Å². The van der Waals surface area contributed by atoms with Gasteiger partial charge in [0.1, 0.15) is 4.88 Å². The Hall–Kier alpha value is -1.68. The molecule has 1 amide bonds. The van der Waals surface area contributed by atoms with E-state index in [1.54, 1.807) is 12.3 Å². The van der Waals surface area contributed by atoms with E-state index >= 15 is 0 Å². The fourth-order valence-electron chi connectivity index (χ4n) is 1.34. The molecule has 0 saturated carbocycles. The number of hydrogen-bond donors (Lipinski definition) is 1. The van der Waals surface area contributed by atoms with Crippen LogP contribution in [0.3, 0.4) is 0 Å². The number of anilines is 1. The summed E-state index contributed by atoms with van der Waals surface area (Å²) >= 11 is 1.20. The zero-order chi connectivity index (χ0) is 11.5. The van der Waals surface area contributed by atoms with E-state index in [-0.39, 0.29) is 5.91 Å². The van der Waals surface area contributed by atoms with Crippen LogP contribution in [0.5, 0.6) is 0 Å². The van der Waals surface area contributed by atoms with Gasteiger partial charge in [-0.15, -0.1) is 0 Å². The average molecular weight is 232 g/mol. The SMILES string of the molecule is Cc1ccc(NC(=O)c2ccns2)cc1C. The Balaban J connectivity index is 2.15. The van der Waals surface area contributed by atoms with Crippen molar-refractivity contribution in [3.8, 4) is 0 Å². The van der Waals surface area contributed by atoms with Crippen molar-refractivity contribution in [1.29, 1.82) is 0 Å². The summed E-state index contributed by atoms with van der Waals surface area (Å²) in [7, 11) is 0. The van der Waals surface area contributed by atoms with Gasteiger partial charge in [-0.05, 0) is 54.7 Å². The molecule has 82 valence electrons. The number of hydrogen-bond acceptors (Lipinski definition) is 3. The Bertz CT molecular complexity index is 506. The number of aromatic nitrogens is 1. The lowest BCUT2D eigenvalue weighted by atomic mass is 10.1. The molecule has 0 atom stereocenters. The molecule has 0 fully saturated rings. The van der Waals surface area contributed by atoms with E-state index in [0.29, 0.717) is 4.88 Å². The molecule has 0 saturated heterocycles. The number of carbonyl (C=O) groups excluding carboxylic acids is 1. The summed E-state index contributed by atoms with van der Waals surface area (Å²) in [6.07, 6.45) is 1.62. The van der Waals surface area contributed by atoms with Crippen LogP contribution in [-0.2, 0) is 0 Å². The molecule has 0 aliphatic heterocycles. The minimum atomic E-state index is -0.106. The Kier molecular flexibility index (Phi) is 3.01. The topological polar surface area (TPSA) is 42.0 Å². The van der Waals surface area contributed by atoms with Crippen molar-refractivity contribution < 1.29 is 4.79 Å². The third-order valence-corrected chi connectivity index (χ3v) is 3.17. The van der Waals surface area contributed by atoms with Crippen molar-refractivity contribution in [2.45, 2.75) is 13.8 Å². The molecule has 0 unspecified atom stereocenters. The Morgan fingerprint density at radius 1 is 1.25 bits per heavy atom. The molecular weight excluding hydrogens is 220 g/mol. The van der Waals surface area contributed by atoms with Gasteiger partial charge in [0.15, 0.2) is 0 Å². The fraction of sp³-hybridized carbons (Fsp3) is 0.167. The molecule has 2 aromatic rings. The number of rotatable bonds is 2. The molecule has 0 bridgehead atoms. The highest BCUT2D eigenvalue weighted by molar-refractivity contribution is 7.08. The molecule has 0 spiro atoms. The molecule has 0 radical (unpaired) electrons. The van der Waals surface area contributed by atoms with Gasteiger partial charge >= 0.3 is 0 Å². The first kappa shape index (κ1) is 10.8. The number of aryl methyl sites for hydroxylation is 2. The van der Waals surface area contributed by atoms with Gasteiger partial charge in [0, 0.05) is 11.9 Å². The van der Waals surface area contributed by atoms with Crippen LogP contribution in [0.1, 0.15) is 20.8 Å². The van der Waals surface area contributed by atoms with Gasteiger partial charge in [0.2, 0.25) is 0 Å². The van der Waals surface area contributed by atoms with Gasteiger partial charge in [-0.25, -0.2) is 4.37 Å². The number of amides is 1. The van der Waals surface area contributed by atoms with Crippen LogP contribution in [0, 0.1) is 13.8 Å². The quantitative estimate of drug-likeness (QED) is 0.864. The second-order valence-electron chi connectivity index (χ2n) is 3.63. The van der Waals surface area contributed by atoms with Crippen LogP contribution >= 0.6 is 11.5 Å². The summed E-state index contributed by atoms with van der Waals surface area (Å²) in [6, 6.07) is 7.58. The lowest BCUT2D eigenvalue weighted by molar-refractivity contribution is 0.103. The molecule has 1 aromatic carbocycles. The van der Waals surface area contributed by atoms with Crippen LogP contribution in [0.2, 0.25) is 0 Å². The van der Waals surface area contributed by atoms with E-state index in [1.807, 2.05) is 32.0 Å². The summed E-state index contributed by atoms with van der Waals surface area (Å²) in [4.78, 5) is 12.4. The summed E-state index contributed by atoms with van der Waals surface area (Å²) in [5, 5.41) is 2.84. The predicted octanol–water partition coefficient (Wildman–Crippen LogP) is 3.01. The van der Waals surface area contributed by atoms with Gasteiger partial charge < -0.3 is 5.32 Å². The normalized spacial score (nSPS) is 10.1. The Labute approximate surface area is 98.3 Å². The lowest BCUT2D eigenvalue weighted by Gasteiger charge is -2.06. The smallest absolute Gasteiger partial charge is 0.267 e. The van der Waals surface area contributed by atoms with Crippen molar-refractivity contribution in [1.82, 2.24) is 4.37 Å². The van der Waals surface area contributed by atoms with Crippen LogP contribution in [0.4, 0.5) is 5.69 Å². The minimum absolute atomic E-state index is 0.106. The van der Waals surface area contributed by atoms with Crippen LogP contribution in [-0.4, -0.2) is 10.3 Å². The monoisotopic (exact) mass is 232 g/mol. The molecule has 1 heterocycles. The number of benzene rings is 1. The Morgan fingerprint density at radius 2 is 2.06 bits per heavy atom. The fourth-order valence-corrected chi connectivity index (χ4v) is 1.84. The highest BCUT2D eigenvalue weighted by Crippen LogP contribution is 2.15. The molecule has 2 rings (SSSR count). The van der Waals surface area contributed by atoms with Crippen LogP contribution in [0.25, 0.3) is 0 Å². The maximum absolute atomic E-state index is 11.7. The van der Waals surface area contributed by atoms with Crippen molar-refractivity contribution in [3.63, 3.8) is 0 Å². The number of nitrogens with zero attached hydrogens (tertiary/aromatic N) is 1. The van der Waals surface area contributed by atoms with Crippen molar-refractivity contribution in [3.05, 3.63) is 46.5 Å². The molecule has 3 nitrogen and oxygen atoms in total. The lowest BCUT2D eigenvalue weighted by Crippen LogP contribution is -2.10. The van der Waals surface area contributed by atoms with Crippen LogP contribution in [0.15, 0.2) is 30.5 Å². The van der Waals surface area contributed by atoms with Gasteiger partial charge in [0.25, 0.3) is 5.91 Å². The predicted molar refractivity (Wildman–Crippen MR) is 66.0 cm³/mol. The van der Waals surface area contributed by atoms with Crippen molar-refractivity contribution >= 4 is 23.1 Å². The highest BCUT2D eigenvalue weighted by atomic mass is 32.1. The minimum Gasteiger partial charge on any atom is -0.321 e. The van der Waals surface area contributed by atoms with E-state index < -0.39 is 0 Å². The van der Waals surface area contributed by atoms with Crippen LogP contribution < -0.4 is 5.32 Å². The van der Waals surface area contributed by atoms with Crippen molar-refractivity contribution in [2.24, 2.45) is 0 Å². The van der Waals surface area contributed by atoms with Gasteiger partial charge in [-0.3, -0.25) is 4.79 Å². The number of nitrogens with one attached hydrogen (secondary N) is 1. The summed E-state index contributed by atoms with van der Waals surface area (Å²) < 4.78 is 3.90. The second-order valence-corrected chi connectivity index (χ2v) is 4.46. The third-order valence-electron chi connectivity index (χ3n) is 2.43. The Morgan fingerprint density at radius 3 is 2.69 bits per heavy atom. The molecule has 16 heavy (non-hydrogen) atoms. The first-order valence-corrected chi connectivity index (χ1v) is 5.73. The number of carbonyl (C=O) groups is 1. The highest BCUT2D eigenvalue weighted by Gasteiger charge is 2.07. The van der Waals surface area contributed by atoms with E-state index in [4.69, 9.17) is 0 Å². The van der Waals surface area contributed by atoms with E-state index in [2.05, 4.69) is 9.69 Å². The molecule has 1 aromatic heterocycles. The maximum Gasteiger partial charge on any atom is 0.267 e. The molecule has 1 N–H and O–H groups in total. The average Bonchev–Trinajstić information content (AvgIpc) is 2.77. The van der Waals surface area contributed by atoms with Gasteiger partial charge in [-0.2, -0.15) is 0 Å². The van der Waals surface area contributed by atoms with E-state index in [1.165, 1.54) is 22.7 Å². The summed E-state index contributed by atoms with van der Waals surface area (Å²) in [6.45, 7) is 4.07. The first-order chi connectivity index (χ1) is 7.66. The summed E-state index contributed by atoms with van der Waals surface area (Å²) in [5.74, 6) is -0.106. The molecule has 0 aliphatic rings. The summed E-state index contributed by atoms with van der Waals surface area (Å²) in [5.41, 5.74) is 3.21. The zero-order valence-corrected chi connectivity index (χ0v) is 9.97. The maximum atomic E-state index is 11.7. The second kappa shape index (κ2) is 4.45. The zero-order valence-electron chi connectivity index (χ0n) is 9.15. The standard InChI is InChI=1S/C12H12N2OS/c1-8-3-4-10(7-9(8)2)14-12(15)11-5-6-13-16-11/h3-7H,1-2H3,(H,14,15). The largest absolute Gasteiger partial charge is 0.321 e. The third kappa shape index (κ3) is 2.28. The molecule has 4 heteroatoms. The molecule has 0 aliphatic carbocycles. The van der Waals surface area contributed by atoms with Gasteiger partial charge in [-0.1, -0.05) is 6.07 Å². The van der Waals surface area contributed by atoms with E-state index in [9.17, 15) is 4.79 Å². The molecular formula is C12H12N2OS. The van der Waals surface area contributed by atoms with Gasteiger partial charge in [0.05, 0.1) is 0 Å². The van der Waals surface area contributed by atoms with Crippen molar-refractivity contribution in [2.75, 3.05) is 5.32 Å². The first-order valence-electron chi connectivity index (χ1n) is 4.96.